The van der Waals surface area contributed by atoms with E-state index < -0.39 is 0 Å². The van der Waals surface area contributed by atoms with Gasteiger partial charge in [-0.15, -0.1) is 0 Å². The Morgan fingerprint density at radius 3 is 2.44 bits per heavy atom. The van der Waals surface area contributed by atoms with Gasteiger partial charge in [0, 0.05) is 18.8 Å². The van der Waals surface area contributed by atoms with E-state index in [0.717, 1.165) is 30.6 Å². The average molecular weight is 215 g/mol. The fourth-order valence-electron chi connectivity index (χ4n) is 2.19. The third-order valence-electron chi connectivity index (χ3n) is 3.51. The van der Waals surface area contributed by atoms with Crippen molar-refractivity contribution < 1.29 is 0 Å². The predicted octanol–water partition coefficient (Wildman–Crippen LogP) is 2.23. The topological polar surface area (TPSA) is 53.0 Å². The molecule has 1 aliphatic heterocycles. The summed E-state index contributed by atoms with van der Waals surface area (Å²) in [6, 6.07) is 7.78. The molecule has 1 fully saturated rings. The van der Waals surface area contributed by atoms with Crippen LogP contribution in [0.15, 0.2) is 18.2 Å². The molecule has 0 aromatic heterocycles. The lowest BCUT2D eigenvalue weighted by Gasteiger charge is -2.19. The second-order valence-electron chi connectivity index (χ2n) is 4.74. The number of nitrogens with zero attached hydrogens (tertiary/aromatic N) is 2. The average Bonchev–Trinajstić information content (AvgIpc) is 2.59. The molecular weight excluding hydrogens is 198 g/mol. The van der Waals surface area contributed by atoms with Gasteiger partial charge in [-0.2, -0.15) is 5.26 Å². The minimum absolute atomic E-state index is 0.559. The van der Waals surface area contributed by atoms with Crippen molar-refractivity contribution in [3.8, 4) is 6.07 Å². The summed E-state index contributed by atoms with van der Waals surface area (Å²) in [7, 11) is 0. The van der Waals surface area contributed by atoms with Crippen LogP contribution in [0.5, 0.6) is 0 Å². The summed E-state index contributed by atoms with van der Waals surface area (Å²) < 4.78 is 0. The second-order valence-corrected chi connectivity index (χ2v) is 4.74. The number of hydrogen-bond acceptors (Lipinski definition) is 3. The van der Waals surface area contributed by atoms with Crippen LogP contribution in [0.25, 0.3) is 0 Å². The largest absolute Gasteiger partial charge is 0.398 e. The maximum absolute atomic E-state index is 8.82. The number of nitrogen functional groups attached to an aromatic ring is 1. The summed E-state index contributed by atoms with van der Waals surface area (Å²) >= 11 is 0. The van der Waals surface area contributed by atoms with Gasteiger partial charge >= 0.3 is 0 Å². The maximum atomic E-state index is 8.82. The van der Waals surface area contributed by atoms with Crippen LogP contribution >= 0.6 is 0 Å². The molecule has 1 aliphatic rings. The molecule has 0 radical (unpaired) electrons. The lowest BCUT2D eigenvalue weighted by Crippen LogP contribution is -2.19. The molecule has 0 saturated carbocycles. The maximum Gasteiger partial charge on any atom is 0.101 e. The summed E-state index contributed by atoms with van der Waals surface area (Å²) in [5, 5.41) is 8.82. The highest BCUT2D eigenvalue weighted by molar-refractivity contribution is 5.63. The Morgan fingerprint density at radius 1 is 1.31 bits per heavy atom. The van der Waals surface area contributed by atoms with Gasteiger partial charge in [-0.05, 0) is 30.0 Å². The molecule has 1 aromatic carbocycles. The second kappa shape index (κ2) is 4.05. The van der Waals surface area contributed by atoms with E-state index in [-0.39, 0.29) is 0 Å². The van der Waals surface area contributed by atoms with Crippen molar-refractivity contribution in [1.29, 1.82) is 5.26 Å². The molecule has 84 valence electrons. The summed E-state index contributed by atoms with van der Waals surface area (Å²) in [5.74, 6) is 1.44. The standard InChI is InChI=1S/C13H17N3/c1-9-7-16(8-10(9)2)12-4-3-11(6-14)13(15)5-12/h3-5,9-10H,7-8,15H2,1-2H3. The van der Waals surface area contributed by atoms with Crippen molar-refractivity contribution in [2.75, 3.05) is 23.7 Å². The van der Waals surface area contributed by atoms with Crippen molar-refractivity contribution in [3.05, 3.63) is 23.8 Å². The van der Waals surface area contributed by atoms with Crippen LogP contribution in [0.4, 0.5) is 11.4 Å². The highest BCUT2D eigenvalue weighted by Crippen LogP contribution is 2.29. The molecule has 0 spiro atoms. The van der Waals surface area contributed by atoms with Crippen LogP contribution in [0.3, 0.4) is 0 Å². The fraction of sp³-hybridized carbons (Fsp3) is 0.462. The van der Waals surface area contributed by atoms with Gasteiger partial charge in [0.15, 0.2) is 0 Å². The summed E-state index contributed by atoms with van der Waals surface area (Å²) in [4.78, 5) is 2.34. The first kappa shape index (κ1) is 10.8. The fourth-order valence-corrected chi connectivity index (χ4v) is 2.19. The van der Waals surface area contributed by atoms with E-state index in [0.29, 0.717) is 11.3 Å². The Balaban J connectivity index is 2.23. The van der Waals surface area contributed by atoms with Gasteiger partial charge in [0.2, 0.25) is 0 Å². The minimum Gasteiger partial charge on any atom is -0.398 e. The lowest BCUT2D eigenvalue weighted by atomic mass is 10.0. The van der Waals surface area contributed by atoms with Gasteiger partial charge < -0.3 is 10.6 Å². The van der Waals surface area contributed by atoms with Crippen LogP contribution in [-0.2, 0) is 0 Å². The number of hydrogen-bond donors (Lipinski definition) is 1. The van der Waals surface area contributed by atoms with Crippen molar-refractivity contribution in [2.24, 2.45) is 11.8 Å². The number of rotatable bonds is 1. The van der Waals surface area contributed by atoms with Crippen molar-refractivity contribution in [3.63, 3.8) is 0 Å². The van der Waals surface area contributed by atoms with Crippen molar-refractivity contribution in [2.45, 2.75) is 13.8 Å². The van der Waals surface area contributed by atoms with E-state index in [2.05, 4.69) is 24.8 Å². The van der Waals surface area contributed by atoms with Gasteiger partial charge in [0.05, 0.1) is 11.3 Å². The van der Waals surface area contributed by atoms with E-state index in [1.54, 1.807) is 6.07 Å². The molecule has 1 aromatic rings. The molecule has 16 heavy (non-hydrogen) atoms. The predicted molar refractivity (Wildman–Crippen MR) is 66.1 cm³/mol. The highest BCUT2D eigenvalue weighted by Gasteiger charge is 2.26. The molecule has 2 N–H and O–H groups in total. The van der Waals surface area contributed by atoms with Gasteiger partial charge in [-0.25, -0.2) is 0 Å². The quantitative estimate of drug-likeness (QED) is 0.731. The molecule has 2 unspecified atom stereocenters. The first-order valence-corrected chi connectivity index (χ1v) is 5.66. The molecule has 0 bridgehead atoms. The van der Waals surface area contributed by atoms with E-state index >= 15 is 0 Å². The minimum atomic E-state index is 0.559. The molecule has 0 amide bonds. The number of nitriles is 1. The SMILES string of the molecule is CC1CN(c2ccc(C#N)c(N)c2)CC1C. The van der Waals surface area contributed by atoms with E-state index in [1.807, 2.05) is 12.1 Å². The van der Waals surface area contributed by atoms with Crippen molar-refractivity contribution in [1.82, 2.24) is 0 Å². The number of anilines is 2. The molecule has 0 aliphatic carbocycles. The molecule has 2 rings (SSSR count). The third-order valence-corrected chi connectivity index (χ3v) is 3.51. The van der Waals surface area contributed by atoms with E-state index in [9.17, 15) is 0 Å². The zero-order valence-electron chi connectivity index (χ0n) is 9.77. The highest BCUT2D eigenvalue weighted by atomic mass is 15.2. The first-order valence-electron chi connectivity index (χ1n) is 5.66. The molecular formula is C13H17N3. The Morgan fingerprint density at radius 2 is 1.94 bits per heavy atom. The van der Waals surface area contributed by atoms with Crippen molar-refractivity contribution >= 4 is 11.4 Å². The molecule has 3 nitrogen and oxygen atoms in total. The first-order chi connectivity index (χ1) is 7.61. The van der Waals surface area contributed by atoms with Gasteiger partial charge in [-0.1, -0.05) is 13.8 Å². The van der Waals surface area contributed by atoms with Crippen LogP contribution in [0.1, 0.15) is 19.4 Å². The van der Waals surface area contributed by atoms with Gasteiger partial charge in [0.1, 0.15) is 6.07 Å². The Kier molecular flexibility index (Phi) is 2.74. The van der Waals surface area contributed by atoms with Gasteiger partial charge in [-0.3, -0.25) is 0 Å². The monoisotopic (exact) mass is 215 g/mol. The summed E-state index contributed by atoms with van der Waals surface area (Å²) in [5.41, 5.74) is 8.09. The summed E-state index contributed by atoms with van der Waals surface area (Å²) in [6.07, 6.45) is 0. The number of benzene rings is 1. The molecule has 1 heterocycles. The van der Waals surface area contributed by atoms with E-state index in [1.165, 1.54) is 0 Å². The Labute approximate surface area is 96.5 Å². The van der Waals surface area contributed by atoms with Crippen LogP contribution in [0, 0.1) is 23.2 Å². The Hall–Kier alpha value is -1.69. The van der Waals surface area contributed by atoms with Crippen LogP contribution < -0.4 is 10.6 Å². The van der Waals surface area contributed by atoms with Crippen LogP contribution in [-0.4, -0.2) is 13.1 Å². The zero-order chi connectivity index (χ0) is 11.7. The zero-order valence-corrected chi connectivity index (χ0v) is 9.77. The van der Waals surface area contributed by atoms with Gasteiger partial charge in [0.25, 0.3) is 0 Å². The third kappa shape index (κ3) is 1.83. The number of nitrogens with two attached hydrogens (primary N) is 1. The molecule has 1 saturated heterocycles. The lowest BCUT2D eigenvalue weighted by molar-refractivity contribution is 0.494. The normalized spacial score (nSPS) is 24.4. The smallest absolute Gasteiger partial charge is 0.101 e. The molecule has 3 heteroatoms. The Bertz CT molecular complexity index is 423. The van der Waals surface area contributed by atoms with Crippen LogP contribution in [0.2, 0.25) is 0 Å². The van der Waals surface area contributed by atoms with E-state index in [4.69, 9.17) is 11.0 Å². The summed E-state index contributed by atoms with van der Waals surface area (Å²) in [6.45, 7) is 6.70. The molecule has 2 atom stereocenters.